The first-order valence-electron chi connectivity index (χ1n) is 9.77. The second-order valence-electron chi connectivity index (χ2n) is 7.29. The molecule has 0 aromatic heterocycles. The van der Waals surface area contributed by atoms with Crippen LogP contribution in [0.5, 0.6) is 0 Å². The Kier molecular flexibility index (Phi) is 5.59. The van der Waals surface area contributed by atoms with E-state index in [0.717, 1.165) is 4.90 Å². The van der Waals surface area contributed by atoms with Gasteiger partial charge in [-0.2, -0.15) is 0 Å². The third kappa shape index (κ3) is 3.70. The van der Waals surface area contributed by atoms with E-state index in [0.29, 0.717) is 54.2 Å². The number of fused-ring (bicyclic) bond motifs is 1. The number of carbonyl (C=O) groups is 4. The number of benzene rings is 2. The average Bonchev–Trinajstić information content (AvgIpc) is 2.93. The molecular formula is C22H21N3O4S. The van der Waals surface area contributed by atoms with Gasteiger partial charge in [0.05, 0.1) is 16.7 Å². The molecule has 2 heterocycles. The first-order chi connectivity index (χ1) is 14.5. The molecule has 0 saturated carbocycles. The van der Waals surface area contributed by atoms with E-state index in [1.807, 2.05) is 6.07 Å². The number of amides is 4. The van der Waals surface area contributed by atoms with Crippen molar-refractivity contribution in [3.63, 3.8) is 0 Å². The molecule has 0 radical (unpaired) electrons. The number of nitrogens with zero attached hydrogens (tertiary/aromatic N) is 3. The van der Waals surface area contributed by atoms with Crippen LogP contribution < -0.4 is 0 Å². The van der Waals surface area contributed by atoms with Gasteiger partial charge < -0.3 is 9.80 Å². The van der Waals surface area contributed by atoms with Crippen LogP contribution in [0.3, 0.4) is 0 Å². The van der Waals surface area contributed by atoms with Crippen LogP contribution in [-0.4, -0.2) is 71.1 Å². The molecule has 1 fully saturated rings. The Morgan fingerprint density at radius 2 is 1.37 bits per heavy atom. The number of hydrogen-bond acceptors (Lipinski definition) is 5. The molecule has 2 aliphatic heterocycles. The Bertz CT molecular complexity index is 1000. The van der Waals surface area contributed by atoms with Gasteiger partial charge in [0.15, 0.2) is 0 Å². The molecule has 0 bridgehead atoms. The van der Waals surface area contributed by atoms with Crippen molar-refractivity contribution in [2.75, 3.05) is 32.7 Å². The van der Waals surface area contributed by atoms with Crippen molar-refractivity contribution in [3.05, 3.63) is 65.2 Å². The lowest BCUT2D eigenvalue weighted by molar-refractivity contribution is -0.131. The monoisotopic (exact) mass is 423 g/mol. The van der Waals surface area contributed by atoms with Gasteiger partial charge >= 0.3 is 0 Å². The van der Waals surface area contributed by atoms with Crippen LogP contribution in [0, 0.1) is 0 Å². The zero-order valence-electron chi connectivity index (χ0n) is 16.3. The van der Waals surface area contributed by atoms with E-state index in [4.69, 9.17) is 0 Å². The fraction of sp³-hybridized carbons (Fsp3) is 0.273. The molecule has 0 atom stereocenters. The molecule has 0 spiro atoms. The first kappa shape index (κ1) is 20.2. The molecule has 0 aliphatic carbocycles. The summed E-state index contributed by atoms with van der Waals surface area (Å²) in [6.45, 7) is 1.43. The van der Waals surface area contributed by atoms with E-state index in [1.165, 1.54) is 0 Å². The largest absolute Gasteiger partial charge is 0.339 e. The van der Waals surface area contributed by atoms with Crippen LogP contribution in [0.15, 0.2) is 53.4 Å². The number of hydrogen-bond donors (Lipinski definition) is 1. The van der Waals surface area contributed by atoms with Gasteiger partial charge in [-0.15, -0.1) is 12.6 Å². The summed E-state index contributed by atoms with van der Waals surface area (Å²) in [5, 5.41) is 0. The van der Waals surface area contributed by atoms with Gasteiger partial charge in [-0.1, -0.05) is 24.3 Å². The number of imide groups is 1. The van der Waals surface area contributed by atoms with Crippen molar-refractivity contribution in [2.24, 2.45) is 0 Å². The molecular weight excluding hydrogens is 402 g/mol. The minimum absolute atomic E-state index is 0.116. The summed E-state index contributed by atoms with van der Waals surface area (Å²) < 4.78 is 0. The van der Waals surface area contributed by atoms with Crippen molar-refractivity contribution in [2.45, 2.75) is 11.3 Å². The fourth-order valence-electron chi connectivity index (χ4n) is 3.81. The van der Waals surface area contributed by atoms with Crippen LogP contribution in [0.1, 0.15) is 37.5 Å². The summed E-state index contributed by atoms with van der Waals surface area (Å²) in [4.78, 5) is 55.6. The van der Waals surface area contributed by atoms with Crippen LogP contribution in [-0.2, 0) is 4.79 Å². The van der Waals surface area contributed by atoms with E-state index < -0.39 is 11.8 Å². The van der Waals surface area contributed by atoms with Gasteiger partial charge in [-0.3, -0.25) is 24.1 Å². The maximum Gasteiger partial charge on any atom is 0.262 e. The molecule has 154 valence electrons. The summed E-state index contributed by atoms with van der Waals surface area (Å²) in [7, 11) is 0. The van der Waals surface area contributed by atoms with Crippen LogP contribution >= 0.6 is 12.6 Å². The predicted molar refractivity (Wildman–Crippen MR) is 113 cm³/mol. The molecule has 8 heteroatoms. The van der Waals surface area contributed by atoms with E-state index in [2.05, 4.69) is 12.6 Å². The lowest BCUT2D eigenvalue weighted by Crippen LogP contribution is -2.44. The minimum atomic E-state index is -0.444. The highest BCUT2D eigenvalue weighted by Gasteiger charge is 2.37. The van der Waals surface area contributed by atoms with Gasteiger partial charge in [-0.05, 0) is 30.7 Å². The second-order valence-corrected chi connectivity index (χ2v) is 7.77. The van der Waals surface area contributed by atoms with Crippen molar-refractivity contribution in [1.82, 2.24) is 14.7 Å². The lowest BCUT2D eigenvalue weighted by Gasteiger charge is -2.24. The molecule has 2 aliphatic rings. The van der Waals surface area contributed by atoms with Crippen LogP contribution in [0.2, 0.25) is 0 Å². The third-order valence-corrected chi connectivity index (χ3v) is 5.83. The molecule has 0 unspecified atom stereocenters. The maximum absolute atomic E-state index is 12.8. The predicted octanol–water partition coefficient (Wildman–Crippen LogP) is 1.95. The summed E-state index contributed by atoms with van der Waals surface area (Å²) in [5.41, 5.74) is 1.19. The molecule has 4 amide bonds. The molecule has 30 heavy (non-hydrogen) atoms. The summed E-state index contributed by atoms with van der Waals surface area (Å²) in [5.74, 6) is -1.30. The zero-order chi connectivity index (χ0) is 21.3. The van der Waals surface area contributed by atoms with Crippen LogP contribution in [0.4, 0.5) is 0 Å². The summed E-state index contributed by atoms with van der Waals surface area (Å²) in [6, 6.07) is 13.7. The highest BCUT2D eigenvalue weighted by atomic mass is 32.1. The topological polar surface area (TPSA) is 78.0 Å². The Labute approximate surface area is 179 Å². The molecule has 7 nitrogen and oxygen atoms in total. The molecule has 2 aromatic carbocycles. The zero-order valence-corrected chi connectivity index (χ0v) is 17.2. The fourth-order valence-corrected chi connectivity index (χ4v) is 4.07. The smallest absolute Gasteiger partial charge is 0.262 e. The quantitative estimate of drug-likeness (QED) is 0.605. The van der Waals surface area contributed by atoms with Gasteiger partial charge in [0.25, 0.3) is 17.7 Å². The number of thiol groups is 1. The molecule has 2 aromatic rings. The number of rotatable bonds is 3. The third-order valence-electron chi connectivity index (χ3n) is 5.44. The standard InChI is InChI=1S/C22H21N3O4S/c26-19(14-25-21(28)15-6-1-2-7-16(15)22(25)29)23-10-5-11-24(13-12-23)20(27)17-8-3-4-9-18(17)30/h1-4,6-9,30H,5,10-14H2. The van der Waals surface area contributed by atoms with E-state index in [9.17, 15) is 19.2 Å². The van der Waals surface area contributed by atoms with Gasteiger partial charge in [-0.25, -0.2) is 0 Å². The summed E-state index contributed by atoms with van der Waals surface area (Å²) in [6.07, 6.45) is 0.619. The minimum Gasteiger partial charge on any atom is -0.339 e. The van der Waals surface area contributed by atoms with E-state index in [-0.39, 0.29) is 18.4 Å². The van der Waals surface area contributed by atoms with Crippen molar-refractivity contribution >= 4 is 36.3 Å². The Morgan fingerprint density at radius 1 is 0.800 bits per heavy atom. The van der Waals surface area contributed by atoms with Crippen LogP contribution in [0.25, 0.3) is 0 Å². The first-order valence-corrected chi connectivity index (χ1v) is 10.2. The highest BCUT2D eigenvalue weighted by molar-refractivity contribution is 7.80. The number of carbonyl (C=O) groups excluding carboxylic acids is 4. The second kappa shape index (κ2) is 8.31. The van der Waals surface area contributed by atoms with Crippen molar-refractivity contribution in [3.8, 4) is 0 Å². The Balaban J connectivity index is 1.40. The molecule has 1 saturated heterocycles. The lowest BCUT2D eigenvalue weighted by atomic mass is 10.1. The van der Waals surface area contributed by atoms with E-state index >= 15 is 0 Å². The van der Waals surface area contributed by atoms with Gasteiger partial charge in [0.2, 0.25) is 5.91 Å². The van der Waals surface area contributed by atoms with Crippen molar-refractivity contribution in [1.29, 1.82) is 0 Å². The molecule has 4 rings (SSSR count). The normalized spacial score (nSPS) is 16.5. The Morgan fingerprint density at radius 3 is 2.03 bits per heavy atom. The maximum atomic E-state index is 12.8. The SMILES string of the molecule is O=C(CN1C(=O)c2ccccc2C1=O)N1CCCN(C(=O)c2ccccc2S)CC1. The van der Waals surface area contributed by atoms with Gasteiger partial charge in [0, 0.05) is 31.1 Å². The Hall–Kier alpha value is -3.13. The molecule has 0 N–H and O–H groups in total. The average molecular weight is 423 g/mol. The van der Waals surface area contributed by atoms with E-state index in [1.54, 1.807) is 52.3 Å². The van der Waals surface area contributed by atoms with Gasteiger partial charge in [0.1, 0.15) is 6.54 Å². The summed E-state index contributed by atoms with van der Waals surface area (Å²) >= 11 is 4.36. The van der Waals surface area contributed by atoms with Crippen molar-refractivity contribution < 1.29 is 19.2 Å². The highest BCUT2D eigenvalue weighted by Crippen LogP contribution is 2.22.